The molecule has 8 aromatic carbocycles. The van der Waals surface area contributed by atoms with E-state index in [-0.39, 0.29) is 5.41 Å². The summed E-state index contributed by atoms with van der Waals surface area (Å²) in [6.07, 6.45) is 0. The number of aromatic nitrogens is 3. The van der Waals surface area contributed by atoms with Crippen molar-refractivity contribution >= 4 is 32.3 Å². The average molecular weight is 652 g/mol. The van der Waals surface area contributed by atoms with Crippen LogP contribution in [-0.2, 0) is 5.41 Å². The van der Waals surface area contributed by atoms with Gasteiger partial charge in [-0.2, -0.15) is 0 Å². The van der Waals surface area contributed by atoms with Crippen molar-refractivity contribution in [3.05, 3.63) is 175 Å². The molecule has 1 aromatic heterocycles. The SMILES string of the molecule is CC1(C)c2ccccc2-c2ccc(-c3c(-c4nc(-c5cccc6ccccc56)nc(-c5cccc6ccccc56)n4)ccc4ccccc34)cc21. The quantitative estimate of drug-likeness (QED) is 0.190. The molecule has 0 N–H and O–H groups in total. The van der Waals surface area contributed by atoms with E-state index in [1.54, 1.807) is 0 Å². The molecule has 0 amide bonds. The van der Waals surface area contributed by atoms with Crippen LogP contribution in [0.2, 0.25) is 0 Å². The molecule has 0 saturated heterocycles. The number of hydrogen-bond acceptors (Lipinski definition) is 3. The summed E-state index contributed by atoms with van der Waals surface area (Å²) >= 11 is 0. The first-order valence-corrected chi connectivity index (χ1v) is 17.5. The molecule has 0 bridgehead atoms. The van der Waals surface area contributed by atoms with E-state index in [1.165, 1.54) is 33.0 Å². The molecule has 0 radical (unpaired) electrons. The third-order valence-corrected chi connectivity index (χ3v) is 10.7. The Hall–Kier alpha value is -6.45. The predicted molar refractivity (Wildman–Crippen MR) is 212 cm³/mol. The Labute approximate surface area is 297 Å². The van der Waals surface area contributed by atoms with Crippen LogP contribution in [0.15, 0.2) is 164 Å². The van der Waals surface area contributed by atoms with E-state index in [4.69, 9.17) is 15.0 Å². The summed E-state index contributed by atoms with van der Waals surface area (Å²) in [5.41, 5.74) is 10.4. The second kappa shape index (κ2) is 11.3. The number of benzene rings is 8. The Morgan fingerprint density at radius 1 is 0.353 bits per heavy atom. The fourth-order valence-electron chi connectivity index (χ4n) is 8.21. The molecule has 0 atom stereocenters. The van der Waals surface area contributed by atoms with Crippen LogP contribution in [0.1, 0.15) is 25.0 Å². The highest BCUT2D eigenvalue weighted by atomic mass is 15.0. The summed E-state index contributed by atoms with van der Waals surface area (Å²) in [6, 6.07) is 58.4. The molecule has 1 aliphatic carbocycles. The normalized spacial score (nSPS) is 13.1. The zero-order valence-corrected chi connectivity index (χ0v) is 28.4. The molecule has 3 nitrogen and oxygen atoms in total. The minimum Gasteiger partial charge on any atom is -0.208 e. The number of hydrogen-bond donors (Lipinski definition) is 0. The van der Waals surface area contributed by atoms with Crippen LogP contribution in [0.4, 0.5) is 0 Å². The largest absolute Gasteiger partial charge is 0.208 e. The van der Waals surface area contributed by atoms with Crippen molar-refractivity contribution in [2.75, 3.05) is 0 Å². The minimum absolute atomic E-state index is 0.122. The van der Waals surface area contributed by atoms with Gasteiger partial charge < -0.3 is 0 Å². The standard InChI is InChI=1S/C48H33N3/c1-48(2)42-24-10-9-21-37(42)38-27-26-33(29-43(38)48)44-36-20-8-5-15-32(36)25-28-41(44)47-50-45(39-22-11-16-30-13-3-6-18-34(30)39)49-46(51-47)40-23-12-17-31-14-4-7-19-35(31)40/h3-29H,1-2H3. The maximum Gasteiger partial charge on any atom is 0.164 e. The van der Waals surface area contributed by atoms with Gasteiger partial charge in [0.15, 0.2) is 17.5 Å². The third-order valence-electron chi connectivity index (χ3n) is 10.7. The Bertz CT molecular complexity index is 2740. The van der Waals surface area contributed by atoms with Crippen LogP contribution in [0.3, 0.4) is 0 Å². The van der Waals surface area contributed by atoms with Gasteiger partial charge in [0.25, 0.3) is 0 Å². The van der Waals surface area contributed by atoms with E-state index in [0.29, 0.717) is 17.5 Å². The van der Waals surface area contributed by atoms with Crippen molar-refractivity contribution in [1.29, 1.82) is 0 Å². The summed E-state index contributed by atoms with van der Waals surface area (Å²) in [6.45, 7) is 4.68. The van der Waals surface area contributed by atoms with E-state index < -0.39 is 0 Å². The van der Waals surface area contributed by atoms with Crippen LogP contribution in [0.25, 0.3) is 88.7 Å². The van der Waals surface area contributed by atoms with E-state index in [0.717, 1.165) is 49.4 Å². The summed E-state index contributed by atoms with van der Waals surface area (Å²) in [5, 5.41) is 6.87. The smallest absolute Gasteiger partial charge is 0.164 e. The lowest BCUT2D eigenvalue weighted by Crippen LogP contribution is -2.14. The molecule has 1 heterocycles. The highest BCUT2D eigenvalue weighted by Crippen LogP contribution is 2.50. The van der Waals surface area contributed by atoms with Gasteiger partial charge in [0, 0.05) is 27.7 Å². The Kier molecular flexibility index (Phi) is 6.53. The maximum absolute atomic E-state index is 5.33. The van der Waals surface area contributed by atoms with Gasteiger partial charge in [0.05, 0.1) is 0 Å². The van der Waals surface area contributed by atoms with Crippen molar-refractivity contribution < 1.29 is 0 Å². The van der Waals surface area contributed by atoms with E-state index in [2.05, 4.69) is 178 Å². The van der Waals surface area contributed by atoms with Crippen LogP contribution in [-0.4, -0.2) is 15.0 Å². The topological polar surface area (TPSA) is 38.7 Å². The van der Waals surface area contributed by atoms with Gasteiger partial charge in [0.2, 0.25) is 0 Å². The van der Waals surface area contributed by atoms with Gasteiger partial charge in [-0.25, -0.2) is 15.0 Å². The van der Waals surface area contributed by atoms with Gasteiger partial charge in [-0.15, -0.1) is 0 Å². The molecule has 1 aliphatic rings. The fourth-order valence-corrected chi connectivity index (χ4v) is 8.21. The highest BCUT2D eigenvalue weighted by molar-refractivity contribution is 6.05. The van der Waals surface area contributed by atoms with Gasteiger partial charge >= 0.3 is 0 Å². The third kappa shape index (κ3) is 4.62. The lowest BCUT2D eigenvalue weighted by Gasteiger charge is -2.22. The summed E-state index contributed by atoms with van der Waals surface area (Å²) in [4.78, 5) is 15.9. The fraction of sp³-hybridized carbons (Fsp3) is 0.0625. The Morgan fingerprint density at radius 2 is 0.804 bits per heavy atom. The summed E-state index contributed by atoms with van der Waals surface area (Å²) in [7, 11) is 0. The molecular weight excluding hydrogens is 619 g/mol. The van der Waals surface area contributed by atoms with E-state index in [1.807, 2.05) is 0 Å². The maximum atomic E-state index is 5.33. The van der Waals surface area contributed by atoms with Crippen LogP contribution >= 0.6 is 0 Å². The van der Waals surface area contributed by atoms with Gasteiger partial charge in [-0.1, -0.05) is 166 Å². The van der Waals surface area contributed by atoms with Gasteiger partial charge in [0.1, 0.15) is 0 Å². The van der Waals surface area contributed by atoms with Crippen molar-refractivity contribution in [2.24, 2.45) is 0 Å². The van der Waals surface area contributed by atoms with E-state index in [9.17, 15) is 0 Å². The molecule has 9 aromatic rings. The van der Waals surface area contributed by atoms with Crippen molar-refractivity contribution in [3.63, 3.8) is 0 Å². The second-order valence-corrected chi connectivity index (χ2v) is 14.0. The van der Waals surface area contributed by atoms with Crippen molar-refractivity contribution in [3.8, 4) is 56.4 Å². The molecule has 3 heteroatoms. The van der Waals surface area contributed by atoms with Gasteiger partial charge in [-0.05, 0) is 72.3 Å². The highest BCUT2D eigenvalue weighted by Gasteiger charge is 2.35. The summed E-state index contributed by atoms with van der Waals surface area (Å²) < 4.78 is 0. The Balaban J connectivity index is 1.26. The van der Waals surface area contributed by atoms with Crippen LogP contribution in [0.5, 0.6) is 0 Å². The summed E-state index contributed by atoms with van der Waals surface area (Å²) in [5.74, 6) is 1.97. The Morgan fingerprint density at radius 3 is 1.45 bits per heavy atom. The number of fused-ring (bicyclic) bond motifs is 6. The number of rotatable bonds is 4. The first kappa shape index (κ1) is 29.5. The monoisotopic (exact) mass is 651 g/mol. The lowest BCUT2D eigenvalue weighted by atomic mass is 9.81. The molecule has 240 valence electrons. The molecule has 0 aliphatic heterocycles. The molecular formula is C48H33N3. The van der Waals surface area contributed by atoms with E-state index >= 15 is 0 Å². The number of nitrogens with zero attached hydrogens (tertiary/aromatic N) is 3. The van der Waals surface area contributed by atoms with Crippen LogP contribution < -0.4 is 0 Å². The molecule has 51 heavy (non-hydrogen) atoms. The van der Waals surface area contributed by atoms with Crippen molar-refractivity contribution in [2.45, 2.75) is 19.3 Å². The average Bonchev–Trinajstić information content (AvgIpc) is 3.42. The molecule has 0 spiro atoms. The molecule has 0 unspecified atom stereocenters. The van der Waals surface area contributed by atoms with Gasteiger partial charge in [-0.3, -0.25) is 0 Å². The first-order chi connectivity index (χ1) is 25.0. The molecule has 10 rings (SSSR count). The zero-order chi connectivity index (χ0) is 34.1. The second-order valence-electron chi connectivity index (χ2n) is 14.0. The predicted octanol–water partition coefficient (Wildman–Crippen LogP) is 12.3. The minimum atomic E-state index is -0.122. The first-order valence-electron chi connectivity index (χ1n) is 17.5. The van der Waals surface area contributed by atoms with Crippen LogP contribution in [0, 0.1) is 0 Å². The zero-order valence-electron chi connectivity index (χ0n) is 28.4. The van der Waals surface area contributed by atoms with Crippen molar-refractivity contribution in [1.82, 2.24) is 15.0 Å². The molecule has 0 saturated carbocycles. The lowest BCUT2D eigenvalue weighted by molar-refractivity contribution is 0.660. The molecule has 0 fully saturated rings.